The summed E-state index contributed by atoms with van der Waals surface area (Å²) in [5.41, 5.74) is 0.983. The molecule has 0 aliphatic carbocycles. The Labute approximate surface area is 157 Å². The molecule has 26 heavy (non-hydrogen) atoms. The van der Waals surface area contributed by atoms with Gasteiger partial charge in [0.05, 0.1) is 12.2 Å². The molecule has 2 aromatic rings. The lowest BCUT2D eigenvalue weighted by atomic mass is 9.88. The fourth-order valence-electron chi connectivity index (χ4n) is 3.29. The average Bonchev–Trinajstić information content (AvgIpc) is 3.09. The molecule has 0 aromatic heterocycles. The first-order valence-corrected chi connectivity index (χ1v) is 9.05. The Kier molecular flexibility index (Phi) is 4.29. The lowest BCUT2D eigenvalue weighted by Crippen LogP contribution is -2.49. The number of fused-ring (bicyclic) bond motifs is 1. The molecule has 0 saturated heterocycles. The number of hydrogen-bond donors (Lipinski definition) is 1. The van der Waals surface area contributed by atoms with E-state index in [0.717, 1.165) is 17.8 Å². The van der Waals surface area contributed by atoms with Gasteiger partial charge >= 0.3 is 0 Å². The molecule has 0 spiro atoms. The fraction of sp³-hybridized carbons (Fsp3) is 0.350. The van der Waals surface area contributed by atoms with E-state index in [1.165, 1.54) is 0 Å². The topological polar surface area (TPSA) is 54.3 Å². The molecule has 2 aliphatic heterocycles. The van der Waals surface area contributed by atoms with Crippen LogP contribution >= 0.6 is 11.6 Å². The van der Waals surface area contributed by atoms with Crippen LogP contribution in [0.15, 0.2) is 53.6 Å². The molecular weight excluding hydrogens is 352 g/mol. The van der Waals surface area contributed by atoms with Crippen molar-refractivity contribution in [3.63, 3.8) is 0 Å². The molecule has 1 N–H and O–H groups in total. The number of aliphatic hydroxyl groups excluding tert-OH is 1. The number of anilines is 1. The van der Waals surface area contributed by atoms with E-state index in [1.54, 1.807) is 12.1 Å². The average molecular weight is 373 g/mol. The Balaban J connectivity index is 1.62. The minimum absolute atomic E-state index is 0.576. The molecule has 2 aliphatic rings. The standard InChI is InChI=1S/C20H21ClN2O3/c1-20(2)19(24)18(15-12-13(21)8-9-16(15)26-20)25-17-10-11-23(22-17)14-6-4-3-5-7-14/h3-9,12,18-19,24H,10-11H2,1-2H3. The number of nitrogens with zero attached hydrogens (tertiary/aromatic N) is 2. The van der Waals surface area contributed by atoms with Crippen LogP contribution in [-0.4, -0.2) is 29.3 Å². The van der Waals surface area contributed by atoms with E-state index in [2.05, 4.69) is 5.10 Å². The van der Waals surface area contributed by atoms with E-state index in [9.17, 15) is 5.11 Å². The molecule has 0 amide bonds. The predicted molar refractivity (Wildman–Crippen MR) is 102 cm³/mol. The summed E-state index contributed by atoms with van der Waals surface area (Å²) >= 11 is 6.15. The van der Waals surface area contributed by atoms with Crippen LogP contribution in [-0.2, 0) is 4.74 Å². The maximum Gasteiger partial charge on any atom is 0.208 e. The summed E-state index contributed by atoms with van der Waals surface area (Å²) in [6.45, 7) is 4.43. The van der Waals surface area contributed by atoms with Crippen LogP contribution in [0, 0.1) is 0 Å². The summed E-state index contributed by atoms with van der Waals surface area (Å²) in [6.07, 6.45) is -0.751. The van der Waals surface area contributed by atoms with Gasteiger partial charge in [-0.25, -0.2) is 0 Å². The van der Waals surface area contributed by atoms with Crippen molar-refractivity contribution in [3.8, 4) is 5.75 Å². The van der Waals surface area contributed by atoms with Gasteiger partial charge in [0.1, 0.15) is 17.5 Å². The largest absolute Gasteiger partial charge is 0.485 e. The number of rotatable bonds is 2. The Hall–Kier alpha value is -2.24. The van der Waals surface area contributed by atoms with Gasteiger partial charge in [0.25, 0.3) is 0 Å². The minimum Gasteiger partial charge on any atom is -0.485 e. The van der Waals surface area contributed by atoms with E-state index >= 15 is 0 Å². The zero-order valence-electron chi connectivity index (χ0n) is 14.7. The zero-order valence-corrected chi connectivity index (χ0v) is 15.5. The second kappa shape index (κ2) is 6.49. The first-order chi connectivity index (χ1) is 12.4. The second-order valence-electron chi connectivity index (χ2n) is 7.07. The minimum atomic E-state index is -0.845. The lowest BCUT2D eigenvalue weighted by Gasteiger charge is -2.41. The van der Waals surface area contributed by atoms with Crippen LogP contribution in [0.4, 0.5) is 5.69 Å². The summed E-state index contributed by atoms with van der Waals surface area (Å²) in [7, 11) is 0. The van der Waals surface area contributed by atoms with Gasteiger partial charge in [0.15, 0.2) is 6.10 Å². The summed E-state index contributed by atoms with van der Waals surface area (Å²) < 4.78 is 12.1. The molecule has 6 heteroatoms. The Morgan fingerprint density at radius 1 is 1.23 bits per heavy atom. The lowest BCUT2D eigenvalue weighted by molar-refractivity contribution is -0.107. The van der Waals surface area contributed by atoms with Gasteiger partial charge in [0.2, 0.25) is 5.90 Å². The van der Waals surface area contributed by atoms with Crippen molar-refractivity contribution >= 4 is 23.2 Å². The molecule has 0 fully saturated rings. The highest BCUT2D eigenvalue weighted by atomic mass is 35.5. The molecule has 0 saturated carbocycles. The Morgan fingerprint density at radius 3 is 2.77 bits per heavy atom. The van der Waals surface area contributed by atoms with Gasteiger partial charge in [-0.3, -0.25) is 5.01 Å². The van der Waals surface area contributed by atoms with Crippen molar-refractivity contribution in [1.82, 2.24) is 0 Å². The number of benzene rings is 2. The SMILES string of the molecule is CC1(C)Oc2ccc(Cl)cc2C(OC2=NN(c3ccccc3)CC2)C1O. The van der Waals surface area contributed by atoms with Crippen molar-refractivity contribution in [2.24, 2.45) is 5.10 Å². The van der Waals surface area contributed by atoms with E-state index in [-0.39, 0.29) is 0 Å². The fourth-order valence-corrected chi connectivity index (χ4v) is 3.47. The van der Waals surface area contributed by atoms with Gasteiger partial charge < -0.3 is 14.6 Å². The molecule has 0 bridgehead atoms. The van der Waals surface area contributed by atoms with Gasteiger partial charge in [-0.15, -0.1) is 5.10 Å². The molecule has 136 valence electrons. The van der Waals surface area contributed by atoms with Crippen LogP contribution in [0.5, 0.6) is 5.75 Å². The number of ether oxygens (including phenoxy) is 2. The smallest absolute Gasteiger partial charge is 0.208 e. The highest BCUT2D eigenvalue weighted by molar-refractivity contribution is 6.30. The number of aliphatic hydroxyl groups is 1. The quantitative estimate of drug-likeness (QED) is 0.860. The van der Waals surface area contributed by atoms with E-state index in [0.29, 0.717) is 23.1 Å². The Bertz CT molecular complexity index is 838. The molecule has 0 radical (unpaired) electrons. The van der Waals surface area contributed by atoms with Crippen LogP contribution in [0.2, 0.25) is 5.02 Å². The highest BCUT2D eigenvalue weighted by Crippen LogP contribution is 2.43. The van der Waals surface area contributed by atoms with Gasteiger partial charge in [0, 0.05) is 17.0 Å². The van der Waals surface area contributed by atoms with Crippen LogP contribution in [0.3, 0.4) is 0 Å². The number of halogens is 1. The predicted octanol–water partition coefficient (Wildman–Crippen LogP) is 4.15. The van der Waals surface area contributed by atoms with Crippen LogP contribution in [0.25, 0.3) is 0 Å². The molecule has 4 rings (SSSR count). The van der Waals surface area contributed by atoms with Gasteiger partial charge in [-0.2, -0.15) is 0 Å². The van der Waals surface area contributed by atoms with Gasteiger partial charge in [-0.05, 0) is 44.2 Å². The third kappa shape index (κ3) is 3.13. The second-order valence-corrected chi connectivity index (χ2v) is 7.51. The number of para-hydroxylation sites is 1. The zero-order chi connectivity index (χ0) is 18.3. The van der Waals surface area contributed by atoms with Crippen LogP contribution in [0.1, 0.15) is 31.9 Å². The third-order valence-electron chi connectivity index (χ3n) is 4.74. The summed E-state index contributed by atoms with van der Waals surface area (Å²) in [5.74, 6) is 1.27. The molecule has 2 unspecified atom stereocenters. The van der Waals surface area contributed by atoms with Crippen molar-refractivity contribution in [1.29, 1.82) is 0 Å². The maximum atomic E-state index is 10.8. The van der Waals surface area contributed by atoms with Crippen molar-refractivity contribution in [3.05, 3.63) is 59.1 Å². The highest BCUT2D eigenvalue weighted by Gasteiger charge is 2.45. The van der Waals surface area contributed by atoms with E-state index in [1.807, 2.05) is 55.3 Å². The first kappa shape index (κ1) is 17.2. The third-order valence-corrected chi connectivity index (χ3v) is 4.97. The summed E-state index contributed by atoms with van der Waals surface area (Å²) in [5, 5.41) is 17.9. The number of hydrazone groups is 1. The number of hydrogen-bond acceptors (Lipinski definition) is 5. The monoisotopic (exact) mass is 372 g/mol. The van der Waals surface area contributed by atoms with Crippen LogP contribution < -0.4 is 9.75 Å². The van der Waals surface area contributed by atoms with Crippen molar-refractivity contribution < 1.29 is 14.6 Å². The molecule has 5 nitrogen and oxygen atoms in total. The summed E-state index contributed by atoms with van der Waals surface area (Å²) in [4.78, 5) is 0. The molecular formula is C20H21ClN2O3. The first-order valence-electron chi connectivity index (χ1n) is 8.67. The maximum absolute atomic E-state index is 10.8. The molecule has 2 heterocycles. The Morgan fingerprint density at radius 2 is 2.00 bits per heavy atom. The van der Waals surface area contributed by atoms with E-state index in [4.69, 9.17) is 21.1 Å². The van der Waals surface area contributed by atoms with Gasteiger partial charge in [-0.1, -0.05) is 29.8 Å². The molecule has 2 aromatic carbocycles. The summed E-state index contributed by atoms with van der Waals surface area (Å²) in [6, 6.07) is 15.3. The van der Waals surface area contributed by atoms with Crippen molar-refractivity contribution in [2.45, 2.75) is 38.1 Å². The normalized spacial score (nSPS) is 23.8. The van der Waals surface area contributed by atoms with Crippen molar-refractivity contribution in [2.75, 3.05) is 11.6 Å². The molecule has 2 atom stereocenters. The van der Waals surface area contributed by atoms with E-state index < -0.39 is 17.8 Å².